The number of nitrogens with two attached hydrogens (primary N) is 1. The smallest absolute Gasteiger partial charge is 0.246 e. The highest BCUT2D eigenvalue weighted by molar-refractivity contribution is 5.91. The largest absolute Gasteiger partial charge is 0.399 e. The van der Waals surface area contributed by atoms with Gasteiger partial charge in [0.15, 0.2) is 0 Å². The molecule has 0 atom stereocenters. The highest BCUT2D eigenvalue weighted by Crippen LogP contribution is 2.09. The summed E-state index contributed by atoms with van der Waals surface area (Å²) < 4.78 is 0. The molecule has 2 N–H and O–H groups in total. The maximum atomic E-state index is 12.2. The molecule has 3 heteroatoms. The summed E-state index contributed by atoms with van der Waals surface area (Å²) in [5, 5.41) is 0. The Hall–Kier alpha value is -2.55. The van der Waals surface area contributed by atoms with Gasteiger partial charge in [-0.2, -0.15) is 0 Å². The van der Waals surface area contributed by atoms with E-state index in [1.165, 1.54) is 0 Å². The predicted molar refractivity (Wildman–Crippen MR) is 87.4 cm³/mol. The van der Waals surface area contributed by atoms with E-state index in [0.717, 1.165) is 16.8 Å². The fourth-order valence-electron chi connectivity index (χ4n) is 2.03. The molecule has 0 bridgehead atoms. The summed E-state index contributed by atoms with van der Waals surface area (Å²) in [5.41, 5.74) is 8.46. The predicted octanol–water partition coefficient (Wildman–Crippen LogP) is 3.33. The number of nitrogens with zero attached hydrogens (tertiary/aromatic N) is 1. The maximum absolute atomic E-state index is 12.2. The summed E-state index contributed by atoms with van der Waals surface area (Å²) >= 11 is 0. The summed E-state index contributed by atoms with van der Waals surface area (Å²) in [5.74, 6) is 0.0122. The Balaban J connectivity index is 2.01. The van der Waals surface area contributed by atoms with E-state index in [4.69, 9.17) is 5.73 Å². The topological polar surface area (TPSA) is 46.3 Å². The lowest BCUT2D eigenvalue weighted by molar-refractivity contribution is -0.126. The van der Waals surface area contributed by atoms with E-state index in [9.17, 15) is 4.79 Å². The van der Waals surface area contributed by atoms with Gasteiger partial charge in [-0.1, -0.05) is 42.5 Å². The van der Waals surface area contributed by atoms with E-state index in [0.29, 0.717) is 13.1 Å². The Morgan fingerprint density at radius 1 is 1.10 bits per heavy atom. The van der Waals surface area contributed by atoms with Crippen LogP contribution < -0.4 is 5.73 Å². The van der Waals surface area contributed by atoms with E-state index >= 15 is 0 Å². The lowest BCUT2D eigenvalue weighted by Gasteiger charge is -2.19. The van der Waals surface area contributed by atoms with Crippen molar-refractivity contribution < 1.29 is 4.79 Å². The van der Waals surface area contributed by atoms with Crippen LogP contribution in [-0.2, 0) is 11.3 Å². The Morgan fingerprint density at radius 3 is 2.38 bits per heavy atom. The van der Waals surface area contributed by atoms with Gasteiger partial charge < -0.3 is 10.6 Å². The zero-order chi connectivity index (χ0) is 15.1. The van der Waals surface area contributed by atoms with Gasteiger partial charge in [0, 0.05) is 24.9 Å². The van der Waals surface area contributed by atoms with Crippen molar-refractivity contribution in [2.24, 2.45) is 0 Å². The number of benzene rings is 2. The molecule has 0 aliphatic carbocycles. The van der Waals surface area contributed by atoms with Crippen LogP contribution in [0.25, 0.3) is 6.08 Å². The summed E-state index contributed by atoms with van der Waals surface area (Å²) in [7, 11) is 0. The summed E-state index contributed by atoms with van der Waals surface area (Å²) in [6.07, 6.45) is 3.42. The van der Waals surface area contributed by atoms with Crippen molar-refractivity contribution in [3.05, 3.63) is 71.8 Å². The molecule has 0 aromatic heterocycles. The number of carbonyl (C=O) groups is 1. The zero-order valence-electron chi connectivity index (χ0n) is 12.2. The number of hydrogen-bond acceptors (Lipinski definition) is 2. The fraction of sp³-hybridized carbons (Fsp3) is 0.167. The zero-order valence-corrected chi connectivity index (χ0v) is 12.2. The average molecular weight is 280 g/mol. The molecular formula is C18H20N2O. The Morgan fingerprint density at radius 2 is 1.76 bits per heavy atom. The van der Waals surface area contributed by atoms with Crippen LogP contribution in [0.5, 0.6) is 0 Å². The van der Waals surface area contributed by atoms with E-state index in [1.54, 1.807) is 6.08 Å². The van der Waals surface area contributed by atoms with Crippen LogP contribution in [0.4, 0.5) is 5.69 Å². The molecule has 0 fully saturated rings. The number of anilines is 1. The van der Waals surface area contributed by atoms with Gasteiger partial charge in [0.2, 0.25) is 5.91 Å². The van der Waals surface area contributed by atoms with Crippen LogP contribution in [0, 0.1) is 0 Å². The number of carbonyl (C=O) groups excluding carboxylic acids is 1. The van der Waals surface area contributed by atoms with E-state index < -0.39 is 0 Å². The van der Waals surface area contributed by atoms with Gasteiger partial charge in [-0.3, -0.25) is 4.79 Å². The maximum Gasteiger partial charge on any atom is 0.246 e. The third-order valence-electron chi connectivity index (χ3n) is 3.26. The van der Waals surface area contributed by atoms with Crippen LogP contribution in [0.1, 0.15) is 18.1 Å². The molecule has 0 saturated heterocycles. The summed E-state index contributed by atoms with van der Waals surface area (Å²) in [6, 6.07) is 17.4. The third-order valence-corrected chi connectivity index (χ3v) is 3.26. The molecule has 1 amide bonds. The first-order valence-electron chi connectivity index (χ1n) is 7.05. The molecule has 21 heavy (non-hydrogen) atoms. The van der Waals surface area contributed by atoms with Gasteiger partial charge in [0.05, 0.1) is 0 Å². The van der Waals surface area contributed by atoms with Crippen molar-refractivity contribution in [3.8, 4) is 0 Å². The second-order valence-corrected chi connectivity index (χ2v) is 4.84. The van der Waals surface area contributed by atoms with Crippen molar-refractivity contribution in [1.82, 2.24) is 4.90 Å². The highest BCUT2D eigenvalue weighted by atomic mass is 16.2. The molecule has 0 aliphatic rings. The van der Waals surface area contributed by atoms with Crippen molar-refractivity contribution in [3.63, 3.8) is 0 Å². The first kappa shape index (κ1) is 14.9. The van der Waals surface area contributed by atoms with Gasteiger partial charge in [-0.05, 0) is 36.3 Å². The minimum atomic E-state index is 0.0122. The average Bonchev–Trinajstić information content (AvgIpc) is 2.52. The molecule has 0 radical (unpaired) electrons. The SMILES string of the molecule is CCN(Cc1ccccc1)C(=O)/C=C/c1ccc(N)cc1. The standard InChI is InChI=1S/C18H20N2O/c1-2-20(14-16-6-4-3-5-7-16)18(21)13-10-15-8-11-17(19)12-9-15/h3-13H,2,14,19H2,1H3/b13-10+. The quantitative estimate of drug-likeness (QED) is 0.674. The van der Waals surface area contributed by atoms with Gasteiger partial charge >= 0.3 is 0 Å². The molecule has 2 aromatic rings. The van der Waals surface area contributed by atoms with E-state index in [-0.39, 0.29) is 5.91 Å². The van der Waals surface area contributed by atoms with Crippen molar-refractivity contribution in [2.45, 2.75) is 13.5 Å². The molecule has 0 unspecified atom stereocenters. The Bertz CT molecular complexity index is 603. The minimum absolute atomic E-state index is 0.0122. The molecule has 3 nitrogen and oxygen atoms in total. The first-order valence-corrected chi connectivity index (χ1v) is 7.05. The second-order valence-electron chi connectivity index (χ2n) is 4.84. The summed E-state index contributed by atoms with van der Waals surface area (Å²) in [4.78, 5) is 14.0. The minimum Gasteiger partial charge on any atom is -0.399 e. The second kappa shape index (κ2) is 7.29. The van der Waals surface area contributed by atoms with E-state index in [1.807, 2.05) is 72.5 Å². The van der Waals surface area contributed by atoms with Gasteiger partial charge in [0.1, 0.15) is 0 Å². The molecule has 0 heterocycles. The third kappa shape index (κ3) is 4.49. The lowest BCUT2D eigenvalue weighted by atomic mass is 10.2. The molecule has 0 spiro atoms. The molecular weight excluding hydrogens is 260 g/mol. The van der Waals surface area contributed by atoms with Crippen molar-refractivity contribution in [2.75, 3.05) is 12.3 Å². The normalized spacial score (nSPS) is 10.7. The highest BCUT2D eigenvalue weighted by Gasteiger charge is 2.08. The lowest BCUT2D eigenvalue weighted by Crippen LogP contribution is -2.28. The number of likely N-dealkylation sites (N-methyl/N-ethyl adjacent to an activating group) is 1. The van der Waals surface area contributed by atoms with Crippen LogP contribution in [0.2, 0.25) is 0 Å². The Kier molecular flexibility index (Phi) is 5.16. The van der Waals surface area contributed by atoms with Crippen LogP contribution in [0.15, 0.2) is 60.7 Å². The van der Waals surface area contributed by atoms with Crippen LogP contribution in [-0.4, -0.2) is 17.4 Å². The van der Waals surface area contributed by atoms with Gasteiger partial charge in [0.25, 0.3) is 0 Å². The molecule has 0 aliphatic heterocycles. The summed E-state index contributed by atoms with van der Waals surface area (Å²) in [6.45, 7) is 3.29. The molecule has 108 valence electrons. The van der Waals surface area contributed by atoms with Gasteiger partial charge in [-0.25, -0.2) is 0 Å². The number of nitrogen functional groups attached to an aromatic ring is 1. The molecule has 2 aromatic carbocycles. The van der Waals surface area contributed by atoms with Crippen molar-refractivity contribution >= 4 is 17.7 Å². The van der Waals surface area contributed by atoms with Crippen molar-refractivity contribution in [1.29, 1.82) is 0 Å². The van der Waals surface area contributed by atoms with Crippen LogP contribution in [0.3, 0.4) is 0 Å². The first-order chi connectivity index (χ1) is 10.2. The molecule has 0 saturated carbocycles. The Labute approximate surface area is 125 Å². The van der Waals surface area contributed by atoms with E-state index in [2.05, 4.69) is 0 Å². The number of rotatable bonds is 5. The van der Waals surface area contributed by atoms with Crippen LogP contribution >= 0.6 is 0 Å². The molecule has 2 rings (SSSR count). The van der Waals surface area contributed by atoms with Gasteiger partial charge in [-0.15, -0.1) is 0 Å². The number of amides is 1. The fourth-order valence-corrected chi connectivity index (χ4v) is 2.03. The monoisotopic (exact) mass is 280 g/mol. The number of hydrogen-bond donors (Lipinski definition) is 1.